The van der Waals surface area contributed by atoms with Crippen molar-refractivity contribution >= 4 is 16.7 Å². The van der Waals surface area contributed by atoms with E-state index in [9.17, 15) is 4.79 Å². The number of piperazine rings is 1. The summed E-state index contributed by atoms with van der Waals surface area (Å²) < 4.78 is 17.0. The van der Waals surface area contributed by atoms with Crippen LogP contribution in [0.25, 0.3) is 11.0 Å². The van der Waals surface area contributed by atoms with Crippen molar-refractivity contribution in [3.8, 4) is 11.5 Å². The molecule has 1 aliphatic rings. The Balaban J connectivity index is 1.34. The van der Waals surface area contributed by atoms with Crippen LogP contribution in [0.3, 0.4) is 0 Å². The maximum Gasteiger partial charge on any atom is 0.336 e. The molecule has 32 heavy (non-hydrogen) atoms. The van der Waals surface area contributed by atoms with Crippen LogP contribution < -0.4 is 20.0 Å². The molecule has 0 unspecified atom stereocenters. The van der Waals surface area contributed by atoms with Crippen LogP contribution in [-0.2, 0) is 0 Å². The number of nitrogens with zero attached hydrogens (tertiary/aromatic N) is 2. The van der Waals surface area contributed by atoms with Crippen molar-refractivity contribution in [1.29, 1.82) is 0 Å². The summed E-state index contributed by atoms with van der Waals surface area (Å²) in [6.07, 6.45) is 0.938. The number of anilines is 1. The number of hydrogen-bond donors (Lipinski definition) is 0. The Labute approximate surface area is 189 Å². The van der Waals surface area contributed by atoms with Gasteiger partial charge in [0.25, 0.3) is 0 Å². The Morgan fingerprint density at radius 2 is 1.75 bits per heavy atom. The van der Waals surface area contributed by atoms with E-state index in [1.165, 1.54) is 5.69 Å². The van der Waals surface area contributed by atoms with Gasteiger partial charge in [-0.2, -0.15) is 0 Å². The SMILES string of the molecule is COc1cc2oc(=O)cc(C(C)C)c2cc1OCCCN1CCN(c2ccccc2)CC1. The number of fused-ring (bicyclic) bond motifs is 1. The minimum absolute atomic E-state index is 0.206. The number of rotatable bonds is 8. The molecule has 0 bridgehead atoms. The van der Waals surface area contributed by atoms with Gasteiger partial charge >= 0.3 is 5.63 Å². The first kappa shape index (κ1) is 22.2. The molecule has 0 aliphatic carbocycles. The Hall–Kier alpha value is -2.99. The summed E-state index contributed by atoms with van der Waals surface area (Å²) in [6, 6.07) is 15.9. The minimum Gasteiger partial charge on any atom is -0.493 e. The van der Waals surface area contributed by atoms with Crippen molar-refractivity contribution in [3.05, 3.63) is 64.5 Å². The molecular weight excluding hydrogens is 404 g/mol. The van der Waals surface area contributed by atoms with Crippen LogP contribution >= 0.6 is 0 Å². The van der Waals surface area contributed by atoms with Crippen LogP contribution in [0, 0.1) is 0 Å². The molecule has 2 aromatic carbocycles. The third-order valence-corrected chi connectivity index (χ3v) is 6.05. The number of ether oxygens (including phenoxy) is 2. The third-order valence-electron chi connectivity index (χ3n) is 6.05. The van der Waals surface area contributed by atoms with Gasteiger partial charge in [0.05, 0.1) is 13.7 Å². The van der Waals surface area contributed by atoms with Crippen LogP contribution in [-0.4, -0.2) is 51.3 Å². The first-order valence-corrected chi connectivity index (χ1v) is 11.4. The van der Waals surface area contributed by atoms with Crippen LogP contribution in [0.5, 0.6) is 11.5 Å². The summed E-state index contributed by atoms with van der Waals surface area (Å²) in [5.41, 5.74) is 2.45. The van der Waals surface area contributed by atoms with Crippen LogP contribution in [0.2, 0.25) is 0 Å². The lowest BCUT2D eigenvalue weighted by Gasteiger charge is -2.36. The summed E-state index contributed by atoms with van der Waals surface area (Å²) in [4.78, 5) is 16.8. The maximum atomic E-state index is 11.9. The monoisotopic (exact) mass is 436 g/mol. The minimum atomic E-state index is -0.343. The third kappa shape index (κ3) is 5.07. The predicted molar refractivity (Wildman–Crippen MR) is 128 cm³/mol. The fourth-order valence-corrected chi connectivity index (χ4v) is 4.28. The van der Waals surface area contributed by atoms with Crippen LogP contribution in [0.15, 0.2) is 57.7 Å². The van der Waals surface area contributed by atoms with Gasteiger partial charge in [0.1, 0.15) is 5.58 Å². The van der Waals surface area contributed by atoms with Gasteiger partial charge in [-0.05, 0) is 36.1 Å². The Kier molecular flexibility index (Phi) is 7.00. The van der Waals surface area contributed by atoms with E-state index in [2.05, 4.69) is 54.0 Å². The standard InChI is InChI=1S/C26H32N2O4/c1-19(2)21-17-26(29)32-23-18-24(30-3)25(16-22(21)23)31-15-7-10-27-11-13-28(14-12-27)20-8-5-4-6-9-20/h4-6,8-9,16-19H,7,10-15H2,1-3H3. The quantitative estimate of drug-likeness (QED) is 0.382. The highest BCUT2D eigenvalue weighted by molar-refractivity contribution is 5.84. The first-order chi connectivity index (χ1) is 15.5. The molecule has 3 aromatic rings. The van der Waals surface area contributed by atoms with E-state index >= 15 is 0 Å². The van der Waals surface area contributed by atoms with E-state index in [-0.39, 0.29) is 11.5 Å². The molecule has 0 spiro atoms. The topological polar surface area (TPSA) is 55.2 Å². The zero-order valence-electron chi connectivity index (χ0n) is 19.2. The molecule has 1 aliphatic heterocycles. The highest BCUT2D eigenvalue weighted by atomic mass is 16.5. The lowest BCUT2D eigenvalue weighted by atomic mass is 9.99. The number of methoxy groups -OCH3 is 1. The number of hydrogen-bond acceptors (Lipinski definition) is 6. The lowest BCUT2D eigenvalue weighted by Crippen LogP contribution is -2.46. The van der Waals surface area contributed by atoms with Crippen LogP contribution in [0.4, 0.5) is 5.69 Å². The summed E-state index contributed by atoms with van der Waals surface area (Å²) >= 11 is 0. The Morgan fingerprint density at radius 1 is 1.00 bits per heavy atom. The smallest absolute Gasteiger partial charge is 0.336 e. The molecule has 0 saturated carbocycles. The van der Waals surface area contributed by atoms with Gasteiger partial charge in [0.15, 0.2) is 11.5 Å². The molecule has 0 radical (unpaired) electrons. The van der Waals surface area contributed by atoms with Crippen molar-refractivity contribution in [3.63, 3.8) is 0 Å². The van der Waals surface area contributed by atoms with Crippen molar-refractivity contribution in [1.82, 2.24) is 4.90 Å². The first-order valence-electron chi connectivity index (χ1n) is 11.4. The van der Waals surface area contributed by atoms with Gasteiger partial charge in [-0.3, -0.25) is 4.90 Å². The van der Waals surface area contributed by atoms with Crippen molar-refractivity contribution in [2.24, 2.45) is 0 Å². The highest BCUT2D eigenvalue weighted by Crippen LogP contribution is 2.35. The molecule has 4 rings (SSSR count). The molecule has 1 fully saturated rings. The van der Waals surface area contributed by atoms with E-state index in [1.807, 2.05) is 6.07 Å². The van der Waals surface area contributed by atoms with Gasteiger partial charge in [-0.15, -0.1) is 0 Å². The normalized spacial score (nSPS) is 14.8. The molecule has 0 atom stereocenters. The second-order valence-corrected chi connectivity index (χ2v) is 8.54. The van der Waals surface area contributed by atoms with E-state index < -0.39 is 0 Å². The fourth-order valence-electron chi connectivity index (χ4n) is 4.28. The molecule has 170 valence electrons. The molecular formula is C26H32N2O4. The average Bonchev–Trinajstić information content (AvgIpc) is 2.81. The largest absolute Gasteiger partial charge is 0.493 e. The Bertz CT molecular complexity index is 1090. The van der Waals surface area contributed by atoms with Crippen molar-refractivity contribution in [2.45, 2.75) is 26.2 Å². The number of para-hydroxylation sites is 1. The fraction of sp³-hybridized carbons (Fsp3) is 0.423. The summed E-state index contributed by atoms with van der Waals surface area (Å²) in [7, 11) is 1.60. The van der Waals surface area contributed by atoms with E-state index in [1.54, 1.807) is 19.2 Å². The van der Waals surface area contributed by atoms with E-state index in [0.29, 0.717) is 23.7 Å². The second-order valence-electron chi connectivity index (χ2n) is 8.54. The summed E-state index contributed by atoms with van der Waals surface area (Å²) in [5.74, 6) is 1.47. The van der Waals surface area contributed by atoms with Gasteiger partial charge in [-0.25, -0.2) is 4.79 Å². The summed E-state index contributed by atoms with van der Waals surface area (Å²) in [5, 5.41) is 0.896. The maximum absolute atomic E-state index is 11.9. The zero-order valence-corrected chi connectivity index (χ0v) is 19.2. The van der Waals surface area contributed by atoms with Crippen molar-refractivity contribution in [2.75, 3.05) is 51.3 Å². The van der Waals surface area contributed by atoms with Crippen molar-refractivity contribution < 1.29 is 13.9 Å². The van der Waals surface area contributed by atoms with Gasteiger partial charge in [-0.1, -0.05) is 32.0 Å². The van der Waals surface area contributed by atoms with Crippen LogP contribution in [0.1, 0.15) is 31.7 Å². The highest BCUT2D eigenvalue weighted by Gasteiger charge is 2.17. The van der Waals surface area contributed by atoms with E-state index in [0.717, 1.165) is 50.1 Å². The molecule has 2 heterocycles. The second kappa shape index (κ2) is 10.1. The zero-order chi connectivity index (χ0) is 22.5. The molecule has 0 amide bonds. The molecule has 0 N–H and O–H groups in total. The summed E-state index contributed by atoms with van der Waals surface area (Å²) in [6.45, 7) is 9.96. The number of benzene rings is 2. The molecule has 1 saturated heterocycles. The lowest BCUT2D eigenvalue weighted by molar-refractivity contribution is 0.221. The molecule has 1 aromatic heterocycles. The molecule has 6 heteroatoms. The van der Waals surface area contributed by atoms with Gasteiger partial charge in [0, 0.05) is 55.9 Å². The molecule has 6 nitrogen and oxygen atoms in total. The van der Waals surface area contributed by atoms with E-state index in [4.69, 9.17) is 13.9 Å². The Morgan fingerprint density at radius 3 is 2.44 bits per heavy atom. The predicted octanol–water partition coefficient (Wildman–Crippen LogP) is 4.52. The van der Waals surface area contributed by atoms with Gasteiger partial charge < -0.3 is 18.8 Å². The average molecular weight is 437 g/mol. The van der Waals surface area contributed by atoms with Gasteiger partial charge in [0.2, 0.25) is 0 Å².